The van der Waals surface area contributed by atoms with Crippen LogP contribution in [0, 0.1) is 0 Å². The van der Waals surface area contributed by atoms with Crippen LogP contribution in [0.1, 0.15) is 26.7 Å². The normalized spacial score (nSPS) is 26.2. The first-order chi connectivity index (χ1) is 10.0. The first-order valence-electron chi connectivity index (χ1n) is 7.96. The molecular formula is C17H26N2O2. The molecule has 116 valence electrons. The first-order valence-corrected chi connectivity index (χ1v) is 7.96. The van der Waals surface area contributed by atoms with Gasteiger partial charge in [0.2, 0.25) is 0 Å². The molecular weight excluding hydrogens is 264 g/mol. The number of rotatable bonds is 3. The summed E-state index contributed by atoms with van der Waals surface area (Å²) in [4.78, 5) is 4.85. The van der Waals surface area contributed by atoms with Crippen molar-refractivity contribution in [3.05, 3.63) is 24.3 Å². The van der Waals surface area contributed by atoms with Crippen LogP contribution in [0.15, 0.2) is 24.3 Å². The van der Waals surface area contributed by atoms with Crippen molar-refractivity contribution >= 4 is 5.69 Å². The van der Waals surface area contributed by atoms with E-state index >= 15 is 0 Å². The van der Waals surface area contributed by atoms with Gasteiger partial charge in [-0.3, -0.25) is 4.90 Å². The lowest BCUT2D eigenvalue weighted by Crippen LogP contribution is -2.48. The molecule has 2 heterocycles. The Morgan fingerprint density at radius 1 is 1.24 bits per heavy atom. The molecule has 0 amide bonds. The van der Waals surface area contributed by atoms with E-state index < -0.39 is 0 Å². The summed E-state index contributed by atoms with van der Waals surface area (Å²) in [5.74, 6) is 0.344. The van der Waals surface area contributed by atoms with Gasteiger partial charge >= 0.3 is 0 Å². The molecule has 2 fully saturated rings. The highest BCUT2D eigenvalue weighted by molar-refractivity contribution is 5.50. The van der Waals surface area contributed by atoms with Crippen LogP contribution in [0.4, 0.5) is 5.69 Å². The van der Waals surface area contributed by atoms with Gasteiger partial charge in [0.15, 0.2) is 0 Å². The van der Waals surface area contributed by atoms with Crippen molar-refractivity contribution in [2.75, 3.05) is 37.6 Å². The van der Waals surface area contributed by atoms with E-state index in [0.29, 0.717) is 11.9 Å². The second kappa shape index (κ2) is 5.85. The van der Waals surface area contributed by atoms with Crippen LogP contribution in [0.5, 0.6) is 5.75 Å². The minimum atomic E-state index is 0.0635. The maximum atomic E-state index is 9.58. The molecule has 4 nitrogen and oxygen atoms in total. The van der Waals surface area contributed by atoms with E-state index in [4.69, 9.17) is 4.74 Å². The van der Waals surface area contributed by atoms with Crippen molar-refractivity contribution in [2.24, 2.45) is 0 Å². The molecule has 1 N–H and O–H groups in total. The maximum Gasteiger partial charge on any atom is 0.117 e. The van der Waals surface area contributed by atoms with E-state index in [1.54, 1.807) is 6.07 Å². The summed E-state index contributed by atoms with van der Waals surface area (Å²) >= 11 is 0. The highest BCUT2D eigenvalue weighted by atomic mass is 16.5. The summed E-state index contributed by atoms with van der Waals surface area (Å²) in [7, 11) is 0. The van der Waals surface area contributed by atoms with Crippen molar-refractivity contribution in [1.82, 2.24) is 4.90 Å². The third-order valence-corrected chi connectivity index (χ3v) is 4.58. The highest BCUT2D eigenvalue weighted by Gasteiger charge is 2.33. The van der Waals surface area contributed by atoms with E-state index in [2.05, 4.69) is 29.7 Å². The lowest BCUT2D eigenvalue weighted by atomic mass is 10.1. The third-order valence-electron chi connectivity index (χ3n) is 4.58. The number of anilines is 1. The number of aromatic hydroxyl groups is 1. The predicted molar refractivity (Wildman–Crippen MR) is 84.9 cm³/mol. The number of nitrogens with zero attached hydrogens (tertiary/aromatic N) is 2. The van der Waals surface area contributed by atoms with Crippen LogP contribution in [0.2, 0.25) is 0 Å². The van der Waals surface area contributed by atoms with Gasteiger partial charge in [-0.25, -0.2) is 0 Å². The maximum absolute atomic E-state index is 9.58. The van der Waals surface area contributed by atoms with Crippen LogP contribution in [-0.4, -0.2) is 54.4 Å². The molecule has 4 heteroatoms. The molecule has 21 heavy (non-hydrogen) atoms. The van der Waals surface area contributed by atoms with Crippen LogP contribution in [0.25, 0.3) is 0 Å². The molecule has 1 aromatic rings. The van der Waals surface area contributed by atoms with Crippen LogP contribution in [0.3, 0.4) is 0 Å². The fraction of sp³-hybridized carbons (Fsp3) is 0.647. The molecule has 0 unspecified atom stereocenters. The number of benzene rings is 1. The molecule has 3 rings (SSSR count). The number of hydrogen-bond acceptors (Lipinski definition) is 4. The molecule has 2 saturated heterocycles. The van der Waals surface area contributed by atoms with E-state index in [0.717, 1.165) is 38.4 Å². The number of phenols is 1. The molecule has 2 aliphatic rings. The van der Waals surface area contributed by atoms with Crippen molar-refractivity contribution in [3.63, 3.8) is 0 Å². The van der Waals surface area contributed by atoms with E-state index in [9.17, 15) is 5.11 Å². The van der Waals surface area contributed by atoms with Gasteiger partial charge in [-0.2, -0.15) is 0 Å². The summed E-state index contributed by atoms with van der Waals surface area (Å²) in [5, 5.41) is 9.58. The zero-order valence-electron chi connectivity index (χ0n) is 13.1. The summed E-state index contributed by atoms with van der Waals surface area (Å²) in [5.41, 5.74) is 1.18. The van der Waals surface area contributed by atoms with Gasteiger partial charge in [-0.15, -0.1) is 0 Å². The average molecular weight is 290 g/mol. The fourth-order valence-electron chi connectivity index (χ4n) is 3.37. The largest absolute Gasteiger partial charge is 0.508 e. The Labute approximate surface area is 127 Å². The van der Waals surface area contributed by atoms with Gasteiger partial charge in [-0.05, 0) is 38.8 Å². The standard InChI is InChI=1S/C17H26N2O2/c1-17(2)7-6-16(21-17)13-18-8-10-19(11-9-18)14-4-3-5-15(20)12-14/h3-5,12,16,20H,6-11,13H2,1-2H3/t16-/m0/s1. The highest BCUT2D eigenvalue weighted by Crippen LogP contribution is 2.30. The van der Waals surface area contributed by atoms with E-state index in [1.807, 2.05) is 12.1 Å². The second-order valence-corrected chi connectivity index (χ2v) is 6.85. The minimum absolute atomic E-state index is 0.0635. The van der Waals surface area contributed by atoms with Gasteiger partial charge in [0.05, 0.1) is 11.7 Å². The molecule has 0 saturated carbocycles. The van der Waals surface area contributed by atoms with Crippen LogP contribution in [-0.2, 0) is 4.74 Å². The molecule has 1 atom stereocenters. The fourth-order valence-corrected chi connectivity index (χ4v) is 3.37. The van der Waals surface area contributed by atoms with Crippen molar-refractivity contribution < 1.29 is 9.84 Å². The Morgan fingerprint density at radius 2 is 2.00 bits per heavy atom. The number of ether oxygens (including phenoxy) is 1. The third kappa shape index (κ3) is 3.69. The topological polar surface area (TPSA) is 35.9 Å². The van der Waals surface area contributed by atoms with E-state index in [1.165, 1.54) is 12.8 Å². The zero-order valence-corrected chi connectivity index (χ0v) is 13.1. The van der Waals surface area contributed by atoms with Gasteiger partial charge in [-0.1, -0.05) is 6.07 Å². The van der Waals surface area contributed by atoms with Gasteiger partial charge < -0.3 is 14.7 Å². The monoisotopic (exact) mass is 290 g/mol. The summed E-state index contributed by atoms with van der Waals surface area (Å²) in [6.45, 7) is 9.59. The number of piperazine rings is 1. The van der Waals surface area contributed by atoms with Crippen molar-refractivity contribution in [2.45, 2.75) is 38.4 Å². The number of phenolic OH excluding ortho intramolecular Hbond substituents is 1. The SMILES string of the molecule is CC1(C)CC[C@@H](CN2CCN(c3cccc(O)c3)CC2)O1. The molecule has 1 aromatic carbocycles. The molecule has 0 aliphatic carbocycles. The zero-order chi connectivity index (χ0) is 14.9. The summed E-state index contributed by atoms with van der Waals surface area (Å²) in [6.07, 6.45) is 2.74. The Balaban J connectivity index is 1.49. The summed E-state index contributed by atoms with van der Waals surface area (Å²) < 4.78 is 6.09. The molecule has 0 radical (unpaired) electrons. The summed E-state index contributed by atoms with van der Waals surface area (Å²) in [6, 6.07) is 7.54. The first kappa shape index (κ1) is 14.7. The van der Waals surface area contributed by atoms with Crippen LogP contribution >= 0.6 is 0 Å². The number of hydrogen-bond donors (Lipinski definition) is 1. The lowest BCUT2D eigenvalue weighted by molar-refractivity contribution is -0.0291. The van der Waals surface area contributed by atoms with Crippen LogP contribution < -0.4 is 4.90 Å². The smallest absolute Gasteiger partial charge is 0.117 e. The minimum Gasteiger partial charge on any atom is -0.508 e. The Kier molecular flexibility index (Phi) is 4.09. The Morgan fingerprint density at radius 3 is 2.62 bits per heavy atom. The Hall–Kier alpha value is -1.26. The molecule has 0 spiro atoms. The van der Waals surface area contributed by atoms with Gasteiger partial charge in [0.25, 0.3) is 0 Å². The molecule has 0 aromatic heterocycles. The van der Waals surface area contributed by atoms with E-state index in [-0.39, 0.29) is 5.60 Å². The predicted octanol–water partition coefficient (Wildman–Crippen LogP) is 2.47. The quantitative estimate of drug-likeness (QED) is 0.928. The van der Waals surface area contributed by atoms with Gasteiger partial charge in [0, 0.05) is 44.5 Å². The average Bonchev–Trinajstić information content (AvgIpc) is 2.79. The van der Waals surface area contributed by atoms with Crippen molar-refractivity contribution in [1.29, 1.82) is 0 Å². The Bertz CT molecular complexity index is 481. The molecule has 0 bridgehead atoms. The molecule has 2 aliphatic heterocycles. The van der Waals surface area contributed by atoms with Gasteiger partial charge in [0.1, 0.15) is 5.75 Å². The van der Waals surface area contributed by atoms with Crippen molar-refractivity contribution in [3.8, 4) is 5.75 Å². The lowest BCUT2D eigenvalue weighted by Gasteiger charge is -2.37. The second-order valence-electron chi connectivity index (χ2n) is 6.85.